The first-order valence-corrected chi connectivity index (χ1v) is 5.55. The van der Waals surface area contributed by atoms with Gasteiger partial charge in [0, 0.05) is 0 Å². The molecule has 0 amide bonds. The molecule has 0 aliphatic heterocycles. The van der Waals surface area contributed by atoms with Crippen molar-refractivity contribution < 1.29 is 0 Å². The van der Waals surface area contributed by atoms with Crippen LogP contribution in [0.15, 0.2) is 59.7 Å². The lowest BCUT2D eigenvalue weighted by molar-refractivity contribution is 0.510. The van der Waals surface area contributed by atoms with Gasteiger partial charge in [0.2, 0.25) is 0 Å². The van der Waals surface area contributed by atoms with Crippen molar-refractivity contribution in [1.29, 1.82) is 0 Å². The van der Waals surface area contributed by atoms with E-state index in [1.54, 1.807) is 0 Å². The van der Waals surface area contributed by atoms with Crippen molar-refractivity contribution in [2.24, 2.45) is 0 Å². The normalized spacial score (nSPS) is 27.4. The first kappa shape index (κ1) is 7.70. The molecule has 4 bridgehead atoms. The lowest BCUT2D eigenvalue weighted by atomic mass is 9.61. The molecule has 0 N–H and O–H groups in total. The fraction of sp³-hybridized carbons (Fsp3) is 0.200. The fourth-order valence-corrected chi connectivity index (χ4v) is 3.53. The van der Waals surface area contributed by atoms with Gasteiger partial charge < -0.3 is 0 Å². The maximum atomic E-state index is 2.35. The second-order valence-electron chi connectivity index (χ2n) is 4.73. The van der Waals surface area contributed by atoms with Crippen LogP contribution in [0.4, 0.5) is 0 Å². The predicted molar refractivity (Wildman–Crippen MR) is 61.8 cm³/mol. The SMILES string of the molecule is CC1c2ccc(cc2)C12C1=CC=C2C=C1. The number of benzene rings is 1. The molecule has 0 saturated heterocycles. The van der Waals surface area contributed by atoms with Gasteiger partial charge in [-0.05, 0) is 28.2 Å². The van der Waals surface area contributed by atoms with Gasteiger partial charge in [0.15, 0.2) is 0 Å². The van der Waals surface area contributed by atoms with Gasteiger partial charge in [-0.15, -0.1) is 0 Å². The van der Waals surface area contributed by atoms with Crippen LogP contribution in [0.25, 0.3) is 0 Å². The highest BCUT2D eigenvalue weighted by molar-refractivity contribution is 5.70. The number of hydrogen-bond donors (Lipinski definition) is 0. The van der Waals surface area contributed by atoms with Crippen molar-refractivity contribution >= 4 is 0 Å². The van der Waals surface area contributed by atoms with E-state index in [-0.39, 0.29) is 5.41 Å². The summed E-state index contributed by atoms with van der Waals surface area (Å²) in [5, 5.41) is 0. The van der Waals surface area contributed by atoms with Crippen molar-refractivity contribution in [1.82, 2.24) is 0 Å². The van der Waals surface area contributed by atoms with Crippen LogP contribution in [0.2, 0.25) is 0 Å². The van der Waals surface area contributed by atoms with Gasteiger partial charge in [-0.2, -0.15) is 0 Å². The van der Waals surface area contributed by atoms with E-state index in [2.05, 4.69) is 55.5 Å². The van der Waals surface area contributed by atoms with Crippen LogP contribution in [0, 0.1) is 0 Å². The van der Waals surface area contributed by atoms with E-state index in [4.69, 9.17) is 0 Å². The van der Waals surface area contributed by atoms with Crippen molar-refractivity contribution in [2.75, 3.05) is 0 Å². The second kappa shape index (κ2) is 2.16. The highest BCUT2D eigenvalue weighted by Gasteiger charge is 2.49. The molecule has 0 heteroatoms. The van der Waals surface area contributed by atoms with Crippen LogP contribution >= 0.6 is 0 Å². The van der Waals surface area contributed by atoms with E-state index in [0.717, 1.165) is 0 Å². The first-order valence-electron chi connectivity index (χ1n) is 5.55. The number of rotatable bonds is 0. The van der Waals surface area contributed by atoms with Crippen LogP contribution in [0.3, 0.4) is 0 Å². The Labute approximate surface area is 89.6 Å². The molecule has 4 aliphatic carbocycles. The summed E-state index contributed by atoms with van der Waals surface area (Å²) in [6.07, 6.45) is 9.12. The molecule has 0 heterocycles. The van der Waals surface area contributed by atoms with E-state index in [1.165, 1.54) is 22.3 Å². The molecular formula is C15H12. The Balaban J connectivity index is 2.10. The van der Waals surface area contributed by atoms with Gasteiger partial charge in [-0.25, -0.2) is 0 Å². The predicted octanol–water partition coefficient (Wildman–Crippen LogP) is 3.48. The topological polar surface area (TPSA) is 0 Å². The highest BCUT2D eigenvalue weighted by atomic mass is 14.5. The van der Waals surface area contributed by atoms with Crippen LogP contribution in [-0.2, 0) is 5.41 Å². The van der Waals surface area contributed by atoms with E-state index in [9.17, 15) is 0 Å². The van der Waals surface area contributed by atoms with Crippen LogP contribution < -0.4 is 0 Å². The molecule has 4 aliphatic rings. The summed E-state index contributed by atoms with van der Waals surface area (Å²) in [5.41, 5.74) is 6.08. The molecule has 72 valence electrons. The minimum atomic E-state index is 0.193. The zero-order valence-corrected chi connectivity index (χ0v) is 8.70. The molecule has 1 spiro atoms. The maximum absolute atomic E-state index is 2.35. The molecule has 0 radical (unpaired) electrons. The van der Waals surface area contributed by atoms with Crippen LogP contribution in [-0.4, -0.2) is 0 Å². The summed E-state index contributed by atoms with van der Waals surface area (Å²) in [6.45, 7) is 2.35. The fourth-order valence-electron chi connectivity index (χ4n) is 3.53. The Morgan fingerprint density at radius 3 is 2.00 bits per heavy atom. The molecule has 1 aromatic carbocycles. The average Bonchev–Trinajstić information content (AvgIpc) is 2.82. The van der Waals surface area contributed by atoms with E-state index < -0.39 is 0 Å². The van der Waals surface area contributed by atoms with E-state index in [1.807, 2.05) is 0 Å². The Hall–Kier alpha value is -1.56. The summed E-state index contributed by atoms with van der Waals surface area (Å²) in [6, 6.07) is 9.11. The van der Waals surface area contributed by atoms with Gasteiger partial charge in [0.05, 0.1) is 5.41 Å². The summed E-state index contributed by atoms with van der Waals surface area (Å²) >= 11 is 0. The molecule has 1 aromatic rings. The molecule has 1 unspecified atom stereocenters. The standard InChI is InChI=1S/C15H12/c1-10-11-2-4-12(5-3-11)15(10)13-6-7-14(15)9-8-13/h2-10H,1H3. The summed E-state index contributed by atoms with van der Waals surface area (Å²) in [5.74, 6) is 0.595. The largest absolute Gasteiger partial charge is 0.0584 e. The Bertz CT molecular complexity index is 516. The van der Waals surface area contributed by atoms with Crippen molar-refractivity contribution in [2.45, 2.75) is 18.3 Å². The second-order valence-corrected chi connectivity index (χ2v) is 4.73. The quantitative estimate of drug-likeness (QED) is 0.590. The zero-order valence-electron chi connectivity index (χ0n) is 8.70. The molecule has 0 fully saturated rings. The van der Waals surface area contributed by atoms with Gasteiger partial charge >= 0.3 is 0 Å². The molecule has 0 saturated carbocycles. The van der Waals surface area contributed by atoms with Gasteiger partial charge in [-0.3, -0.25) is 0 Å². The van der Waals surface area contributed by atoms with Crippen LogP contribution in [0.1, 0.15) is 24.0 Å². The summed E-state index contributed by atoms with van der Waals surface area (Å²) < 4.78 is 0. The van der Waals surface area contributed by atoms with Gasteiger partial charge in [0.1, 0.15) is 0 Å². The van der Waals surface area contributed by atoms with Gasteiger partial charge in [0.25, 0.3) is 0 Å². The minimum absolute atomic E-state index is 0.193. The Morgan fingerprint density at radius 1 is 0.933 bits per heavy atom. The third-order valence-electron chi connectivity index (χ3n) is 4.31. The van der Waals surface area contributed by atoms with E-state index in [0.29, 0.717) is 5.92 Å². The number of hydrogen-bond acceptors (Lipinski definition) is 0. The summed E-state index contributed by atoms with van der Waals surface area (Å²) in [7, 11) is 0. The van der Waals surface area contributed by atoms with E-state index >= 15 is 0 Å². The lowest BCUT2D eigenvalue weighted by Gasteiger charge is -2.41. The Kier molecular flexibility index (Phi) is 1.11. The molecular weight excluding hydrogens is 180 g/mol. The molecule has 0 nitrogen and oxygen atoms in total. The van der Waals surface area contributed by atoms with Crippen LogP contribution in [0.5, 0.6) is 0 Å². The Morgan fingerprint density at radius 2 is 1.53 bits per heavy atom. The number of allylic oxidation sites excluding steroid dienone is 6. The first-order chi connectivity index (χ1) is 7.33. The molecule has 15 heavy (non-hydrogen) atoms. The highest BCUT2D eigenvalue weighted by Crippen LogP contribution is 2.58. The van der Waals surface area contributed by atoms with Crippen molar-refractivity contribution in [3.05, 3.63) is 70.8 Å². The average molecular weight is 192 g/mol. The van der Waals surface area contributed by atoms with Gasteiger partial charge in [-0.1, -0.05) is 55.5 Å². The molecule has 0 aromatic heterocycles. The van der Waals surface area contributed by atoms with Crippen molar-refractivity contribution in [3.8, 4) is 0 Å². The number of fused-ring (bicyclic) bond motifs is 2. The molecule has 5 rings (SSSR count). The minimum Gasteiger partial charge on any atom is -0.0584 e. The zero-order chi connectivity index (χ0) is 10.0. The summed E-state index contributed by atoms with van der Waals surface area (Å²) in [4.78, 5) is 0. The lowest BCUT2D eigenvalue weighted by Crippen LogP contribution is -2.34. The third-order valence-corrected chi connectivity index (χ3v) is 4.31. The smallest absolute Gasteiger partial charge is 0.0516 e. The third kappa shape index (κ3) is 0.629. The maximum Gasteiger partial charge on any atom is 0.0516 e. The molecule has 1 atom stereocenters. The monoisotopic (exact) mass is 192 g/mol. The van der Waals surface area contributed by atoms with Crippen molar-refractivity contribution in [3.63, 3.8) is 0 Å².